The summed E-state index contributed by atoms with van der Waals surface area (Å²) in [6.45, 7) is 3.80. The normalized spacial score (nSPS) is 15.7. The highest BCUT2D eigenvalue weighted by molar-refractivity contribution is 7.17. The molecule has 1 aliphatic carbocycles. The summed E-state index contributed by atoms with van der Waals surface area (Å²) in [5.41, 5.74) is 7.34. The van der Waals surface area contributed by atoms with Gasteiger partial charge in [0, 0.05) is 23.5 Å². The predicted octanol–water partition coefficient (Wildman–Crippen LogP) is 6.10. The van der Waals surface area contributed by atoms with Gasteiger partial charge in [0.05, 0.1) is 22.0 Å². The quantitative estimate of drug-likeness (QED) is 0.364. The van der Waals surface area contributed by atoms with Gasteiger partial charge in [0.25, 0.3) is 5.91 Å². The molecule has 0 unspecified atom stereocenters. The van der Waals surface area contributed by atoms with Gasteiger partial charge in [0.1, 0.15) is 0 Å². The Morgan fingerprint density at radius 1 is 1.00 bits per heavy atom. The van der Waals surface area contributed by atoms with E-state index in [4.69, 9.17) is 5.10 Å². The molecule has 2 aromatic carbocycles. The Hall–Kier alpha value is -3.18. The van der Waals surface area contributed by atoms with Crippen LogP contribution in [0.15, 0.2) is 66.7 Å². The van der Waals surface area contributed by atoms with Crippen molar-refractivity contribution in [3.05, 3.63) is 94.1 Å². The van der Waals surface area contributed by atoms with Crippen molar-refractivity contribution in [1.29, 1.82) is 0 Å². The summed E-state index contributed by atoms with van der Waals surface area (Å²) in [6.07, 6.45) is 5.19. The highest BCUT2D eigenvalue weighted by Crippen LogP contribution is 2.42. The van der Waals surface area contributed by atoms with E-state index in [0.29, 0.717) is 5.92 Å². The molecular formula is C29H29N3OS. The van der Waals surface area contributed by atoms with Gasteiger partial charge in [-0.15, -0.1) is 11.3 Å². The number of nitrogens with zero attached hydrogens (tertiary/aromatic N) is 3. The molecule has 5 heteroatoms. The van der Waals surface area contributed by atoms with Crippen LogP contribution in [0.4, 0.5) is 0 Å². The summed E-state index contributed by atoms with van der Waals surface area (Å²) in [6, 6.07) is 23.2. The highest BCUT2D eigenvalue weighted by atomic mass is 32.1. The lowest BCUT2D eigenvalue weighted by Crippen LogP contribution is -2.38. The van der Waals surface area contributed by atoms with Crippen LogP contribution in [0.3, 0.4) is 0 Å². The van der Waals surface area contributed by atoms with E-state index >= 15 is 0 Å². The van der Waals surface area contributed by atoms with E-state index in [2.05, 4.69) is 77.2 Å². The van der Waals surface area contributed by atoms with Crippen molar-refractivity contribution in [3.8, 4) is 16.1 Å². The van der Waals surface area contributed by atoms with Gasteiger partial charge in [-0.3, -0.25) is 4.79 Å². The van der Waals surface area contributed by atoms with Crippen LogP contribution >= 0.6 is 11.3 Å². The third kappa shape index (κ3) is 3.88. The predicted molar refractivity (Wildman–Crippen MR) is 138 cm³/mol. The second-order valence-electron chi connectivity index (χ2n) is 9.54. The van der Waals surface area contributed by atoms with Crippen molar-refractivity contribution in [3.63, 3.8) is 0 Å². The van der Waals surface area contributed by atoms with Crippen LogP contribution in [0.25, 0.3) is 16.1 Å². The second kappa shape index (κ2) is 8.88. The molecule has 4 nitrogen and oxygen atoms in total. The Labute approximate surface area is 204 Å². The number of carbonyl (C=O) groups is 1. The summed E-state index contributed by atoms with van der Waals surface area (Å²) in [5.74, 6) is 0.865. The van der Waals surface area contributed by atoms with E-state index in [1.165, 1.54) is 27.3 Å². The van der Waals surface area contributed by atoms with Crippen molar-refractivity contribution < 1.29 is 4.79 Å². The number of hydrogen-bond acceptors (Lipinski definition) is 3. The largest absolute Gasteiger partial charge is 0.338 e. The molecule has 0 spiro atoms. The molecule has 2 aliphatic rings. The molecule has 0 bridgehead atoms. The van der Waals surface area contributed by atoms with E-state index in [1.807, 2.05) is 6.07 Å². The Morgan fingerprint density at radius 2 is 1.71 bits per heavy atom. The van der Waals surface area contributed by atoms with Crippen molar-refractivity contribution in [2.45, 2.75) is 39.0 Å². The zero-order valence-electron chi connectivity index (χ0n) is 19.5. The lowest BCUT2D eigenvalue weighted by Gasteiger charge is -2.31. The van der Waals surface area contributed by atoms with Crippen molar-refractivity contribution >= 4 is 17.2 Å². The van der Waals surface area contributed by atoms with Crippen molar-refractivity contribution in [2.24, 2.45) is 5.92 Å². The van der Waals surface area contributed by atoms with Gasteiger partial charge in [0.2, 0.25) is 0 Å². The number of aryl methyl sites for hydroxylation is 2. The minimum atomic E-state index is 0.201. The first-order valence-corrected chi connectivity index (χ1v) is 13.1. The van der Waals surface area contributed by atoms with Crippen molar-refractivity contribution in [1.82, 2.24) is 14.7 Å². The molecule has 34 heavy (non-hydrogen) atoms. The number of amides is 1. The third-order valence-corrected chi connectivity index (χ3v) is 8.49. The van der Waals surface area contributed by atoms with Gasteiger partial charge in [-0.05, 0) is 74.3 Å². The van der Waals surface area contributed by atoms with Gasteiger partial charge >= 0.3 is 0 Å². The second-order valence-corrected chi connectivity index (χ2v) is 10.6. The van der Waals surface area contributed by atoms with Crippen LogP contribution in [-0.2, 0) is 19.3 Å². The van der Waals surface area contributed by atoms with Crippen LogP contribution in [0, 0.1) is 12.8 Å². The molecule has 6 rings (SSSR count). The molecule has 4 aromatic rings. The number of piperidine rings is 1. The molecule has 3 heterocycles. The molecule has 0 N–H and O–H groups in total. The molecule has 0 radical (unpaired) electrons. The standard InChI is InChI=1S/C29H29N3OS/c1-20-27-25(32(30-20)24-10-6-3-7-11-24)13-12-23-19-26(34-28(23)27)29(33)31-16-14-22(15-17-31)18-21-8-4-2-5-9-21/h2-11,19,22H,12-18H2,1H3. The maximum Gasteiger partial charge on any atom is 0.263 e. The van der Waals surface area contributed by atoms with Crippen LogP contribution in [0.2, 0.25) is 0 Å². The molecule has 1 fully saturated rings. The lowest BCUT2D eigenvalue weighted by molar-refractivity contribution is 0.0695. The summed E-state index contributed by atoms with van der Waals surface area (Å²) in [7, 11) is 0. The Bertz CT molecular complexity index is 1310. The number of para-hydroxylation sites is 1. The van der Waals surface area contributed by atoms with Gasteiger partial charge in [-0.25, -0.2) is 4.68 Å². The zero-order chi connectivity index (χ0) is 23.1. The first-order chi connectivity index (χ1) is 16.7. The molecule has 0 saturated carbocycles. The average molecular weight is 468 g/mol. The minimum absolute atomic E-state index is 0.201. The van der Waals surface area contributed by atoms with Gasteiger partial charge < -0.3 is 4.90 Å². The molecule has 1 amide bonds. The van der Waals surface area contributed by atoms with Crippen LogP contribution in [-0.4, -0.2) is 33.7 Å². The van der Waals surface area contributed by atoms with Crippen molar-refractivity contribution in [2.75, 3.05) is 13.1 Å². The van der Waals surface area contributed by atoms with Gasteiger partial charge in [-0.1, -0.05) is 48.5 Å². The van der Waals surface area contributed by atoms with Crippen LogP contribution in [0.1, 0.15) is 45.0 Å². The third-order valence-electron chi connectivity index (χ3n) is 7.30. The number of thiophene rings is 1. The topological polar surface area (TPSA) is 38.1 Å². The fraction of sp³-hybridized carbons (Fsp3) is 0.310. The maximum absolute atomic E-state index is 13.4. The number of benzene rings is 2. The minimum Gasteiger partial charge on any atom is -0.338 e. The zero-order valence-corrected chi connectivity index (χ0v) is 20.4. The number of rotatable bonds is 4. The van der Waals surface area contributed by atoms with Crippen LogP contribution in [0.5, 0.6) is 0 Å². The number of carbonyl (C=O) groups excluding carboxylic acids is 1. The average Bonchev–Trinajstić information content (AvgIpc) is 3.46. The molecule has 0 atom stereocenters. The van der Waals surface area contributed by atoms with E-state index in [-0.39, 0.29) is 5.91 Å². The number of likely N-dealkylation sites (tertiary alicyclic amines) is 1. The maximum atomic E-state index is 13.4. The first-order valence-electron chi connectivity index (χ1n) is 12.3. The monoisotopic (exact) mass is 467 g/mol. The fourth-order valence-corrected chi connectivity index (χ4v) is 6.81. The fourth-order valence-electron chi connectivity index (χ4n) is 5.51. The summed E-state index contributed by atoms with van der Waals surface area (Å²) < 4.78 is 2.09. The van der Waals surface area contributed by atoms with E-state index in [9.17, 15) is 4.79 Å². The van der Waals surface area contributed by atoms with E-state index in [0.717, 1.165) is 61.5 Å². The molecule has 1 aliphatic heterocycles. The first kappa shape index (κ1) is 21.4. The van der Waals surface area contributed by atoms with E-state index in [1.54, 1.807) is 11.3 Å². The summed E-state index contributed by atoms with van der Waals surface area (Å²) in [5, 5.41) is 4.88. The number of hydrogen-bond donors (Lipinski definition) is 0. The molecule has 2 aromatic heterocycles. The Morgan fingerprint density at radius 3 is 2.44 bits per heavy atom. The Kier molecular flexibility index (Phi) is 5.58. The highest BCUT2D eigenvalue weighted by Gasteiger charge is 2.30. The molecule has 1 saturated heterocycles. The Balaban J connectivity index is 1.20. The SMILES string of the molecule is Cc1nn(-c2ccccc2)c2c1-c1sc(C(=O)N3CCC(Cc4ccccc4)CC3)cc1CC2. The molecular weight excluding hydrogens is 438 g/mol. The smallest absolute Gasteiger partial charge is 0.263 e. The van der Waals surface area contributed by atoms with Crippen LogP contribution < -0.4 is 0 Å². The number of fused-ring (bicyclic) bond motifs is 3. The van der Waals surface area contributed by atoms with Gasteiger partial charge in [0.15, 0.2) is 0 Å². The lowest BCUT2D eigenvalue weighted by atomic mass is 9.90. The number of aromatic nitrogens is 2. The molecule has 172 valence electrons. The van der Waals surface area contributed by atoms with E-state index < -0.39 is 0 Å². The summed E-state index contributed by atoms with van der Waals surface area (Å²) >= 11 is 1.66. The van der Waals surface area contributed by atoms with Gasteiger partial charge in [-0.2, -0.15) is 5.10 Å². The summed E-state index contributed by atoms with van der Waals surface area (Å²) in [4.78, 5) is 17.6.